The van der Waals surface area contributed by atoms with Crippen molar-refractivity contribution in [3.05, 3.63) is 63.7 Å². The van der Waals surface area contributed by atoms with Gasteiger partial charge in [-0.1, -0.05) is 0 Å². The van der Waals surface area contributed by atoms with Gasteiger partial charge in [0, 0.05) is 0 Å². The smallest absolute Gasteiger partial charge is 0.388 e. The Balaban J connectivity index is 2.92. The normalized spacial score (nSPS) is 10.4. The van der Waals surface area contributed by atoms with Gasteiger partial charge in [0.25, 0.3) is 0 Å². The second-order valence-corrected chi connectivity index (χ2v) is 5.33. The Morgan fingerprint density at radius 2 is 0.933 bits per heavy atom. The van der Waals surface area contributed by atoms with Crippen LogP contribution in [0.15, 0.2) is 12.1 Å². The van der Waals surface area contributed by atoms with Gasteiger partial charge in [0.1, 0.15) is 22.6 Å². The predicted octanol–water partition coefficient (Wildman–Crippen LogP) is 1.37. The molecule has 2 aromatic rings. The lowest BCUT2D eigenvalue weighted by atomic mass is 9.97. The summed E-state index contributed by atoms with van der Waals surface area (Å²) in [5.74, 6) is -8.21. The standard InChI is InChI=1S/C13H6N4O13/c18-5-1-3(14(23)24)9(16(27)28)12(21)7(5)11(20)8-6(19)2-4(15(25)26)10(13(8)22)17(29)30/h1-2,18-19,21-22H. The van der Waals surface area contributed by atoms with E-state index in [0.29, 0.717) is 0 Å². The SMILES string of the molecule is O=C(c1c(O)cc([N+](=O)[O-])c([N+](=O)[O-])c1O)c1c(O)cc([N+](=O)[O-])c([N+](=O)[O-])c1O. The third-order valence-electron chi connectivity index (χ3n) is 3.68. The molecule has 0 saturated heterocycles. The van der Waals surface area contributed by atoms with Crippen LogP contribution in [0, 0.1) is 40.5 Å². The lowest BCUT2D eigenvalue weighted by molar-refractivity contribution is -0.423. The minimum Gasteiger partial charge on any atom is -0.507 e. The molecule has 17 heteroatoms. The van der Waals surface area contributed by atoms with Crippen molar-refractivity contribution in [3.63, 3.8) is 0 Å². The van der Waals surface area contributed by atoms with Gasteiger partial charge in [0.15, 0.2) is 0 Å². The molecule has 0 aliphatic carbocycles. The second kappa shape index (κ2) is 7.14. The van der Waals surface area contributed by atoms with Gasteiger partial charge >= 0.3 is 22.7 Å². The van der Waals surface area contributed by atoms with E-state index in [1.165, 1.54) is 0 Å². The van der Waals surface area contributed by atoms with Crippen LogP contribution in [0.4, 0.5) is 22.7 Å². The number of aromatic hydroxyl groups is 4. The molecule has 0 heterocycles. The maximum atomic E-state index is 12.6. The van der Waals surface area contributed by atoms with Gasteiger partial charge in [-0.05, 0) is 0 Å². The quantitative estimate of drug-likeness (QED) is 0.289. The highest BCUT2D eigenvalue weighted by atomic mass is 16.6. The molecule has 0 bridgehead atoms. The number of nitro benzene ring substituents is 4. The third kappa shape index (κ3) is 3.17. The van der Waals surface area contributed by atoms with E-state index in [0.717, 1.165) is 0 Å². The van der Waals surface area contributed by atoms with Crippen LogP contribution in [-0.2, 0) is 0 Å². The first kappa shape index (κ1) is 21.2. The van der Waals surface area contributed by atoms with Crippen molar-refractivity contribution in [1.29, 1.82) is 0 Å². The Morgan fingerprint density at radius 1 is 0.633 bits per heavy atom. The van der Waals surface area contributed by atoms with Crippen molar-refractivity contribution in [2.24, 2.45) is 0 Å². The topological polar surface area (TPSA) is 271 Å². The molecule has 0 unspecified atom stereocenters. The first-order chi connectivity index (χ1) is 13.8. The molecular weight excluding hydrogens is 420 g/mol. The fraction of sp³-hybridized carbons (Fsp3) is 0. The van der Waals surface area contributed by atoms with Crippen LogP contribution in [0.2, 0.25) is 0 Å². The number of benzene rings is 2. The van der Waals surface area contributed by atoms with Gasteiger partial charge in [0.05, 0.1) is 31.8 Å². The first-order valence-electron chi connectivity index (χ1n) is 7.11. The maximum Gasteiger partial charge on any atom is 0.388 e. The van der Waals surface area contributed by atoms with E-state index in [2.05, 4.69) is 0 Å². The molecule has 0 saturated carbocycles. The number of hydrogen-bond acceptors (Lipinski definition) is 13. The molecular formula is C13H6N4O13. The van der Waals surface area contributed by atoms with E-state index in [1.54, 1.807) is 0 Å². The summed E-state index contributed by atoms with van der Waals surface area (Å²) in [5, 5.41) is 83.5. The van der Waals surface area contributed by atoms with E-state index in [1.807, 2.05) is 0 Å². The van der Waals surface area contributed by atoms with Gasteiger partial charge in [0.2, 0.25) is 17.3 Å². The lowest BCUT2D eigenvalue weighted by Crippen LogP contribution is -2.08. The number of phenolic OH excluding ortho intramolecular Hbond substituents is 4. The molecule has 4 N–H and O–H groups in total. The number of nitro groups is 4. The molecule has 17 nitrogen and oxygen atoms in total. The van der Waals surface area contributed by atoms with E-state index >= 15 is 0 Å². The van der Waals surface area contributed by atoms with Crippen molar-refractivity contribution in [1.82, 2.24) is 0 Å². The van der Waals surface area contributed by atoms with Gasteiger partial charge < -0.3 is 20.4 Å². The average Bonchev–Trinajstić information content (AvgIpc) is 2.59. The molecule has 2 rings (SSSR count). The minimum atomic E-state index is -1.86. The van der Waals surface area contributed by atoms with E-state index in [4.69, 9.17) is 0 Å². The highest BCUT2D eigenvalue weighted by Gasteiger charge is 2.41. The van der Waals surface area contributed by atoms with Gasteiger partial charge in [-0.2, -0.15) is 0 Å². The molecule has 0 radical (unpaired) electrons. The zero-order valence-electron chi connectivity index (χ0n) is 13.9. The van der Waals surface area contributed by atoms with Gasteiger partial charge in [-0.3, -0.25) is 45.3 Å². The molecule has 30 heavy (non-hydrogen) atoms. The molecule has 156 valence electrons. The fourth-order valence-corrected chi connectivity index (χ4v) is 2.47. The third-order valence-corrected chi connectivity index (χ3v) is 3.68. The number of ketones is 1. The number of carbonyl (C=O) groups excluding carboxylic acids is 1. The van der Waals surface area contributed by atoms with E-state index < -0.39 is 82.4 Å². The Hall–Kier alpha value is -5.09. The average molecular weight is 426 g/mol. The molecule has 2 aromatic carbocycles. The van der Waals surface area contributed by atoms with Gasteiger partial charge in [-0.25, -0.2) is 0 Å². The Morgan fingerprint density at radius 3 is 1.17 bits per heavy atom. The van der Waals surface area contributed by atoms with E-state index in [-0.39, 0.29) is 12.1 Å². The van der Waals surface area contributed by atoms with Crippen LogP contribution in [0.1, 0.15) is 15.9 Å². The predicted molar refractivity (Wildman–Crippen MR) is 89.6 cm³/mol. The zero-order chi connectivity index (χ0) is 23.1. The van der Waals surface area contributed by atoms with Crippen LogP contribution in [0.3, 0.4) is 0 Å². The van der Waals surface area contributed by atoms with Crippen molar-refractivity contribution >= 4 is 28.5 Å². The van der Waals surface area contributed by atoms with Crippen LogP contribution in [0.25, 0.3) is 0 Å². The van der Waals surface area contributed by atoms with Crippen LogP contribution >= 0.6 is 0 Å². The second-order valence-electron chi connectivity index (χ2n) is 5.33. The summed E-state index contributed by atoms with van der Waals surface area (Å²) in [6.07, 6.45) is 0. The minimum absolute atomic E-state index is 0.110. The monoisotopic (exact) mass is 426 g/mol. The number of rotatable bonds is 6. The van der Waals surface area contributed by atoms with Gasteiger partial charge in [-0.15, -0.1) is 0 Å². The summed E-state index contributed by atoms with van der Waals surface area (Å²) in [6, 6.07) is 0.220. The molecule has 0 amide bonds. The first-order valence-corrected chi connectivity index (χ1v) is 7.11. The van der Waals surface area contributed by atoms with Crippen LogP contribution < -0.4 is 0 Å². The van der Waals surface area contributed by atoms with Crippen LogP contribution in [-0.4, -0.2) is 45.9 Å². The van der Waals surface area contributed by atoms with Crippen molar-refractivity contribution in [2.45, 2.75) is 0 Å². The summed E-state index contributed by atoms with van der Waals surface area (Å²) in [7, 11) is 0. The summed E-state index contributed by atoms with van der Waals surface area (Å²) in [5.41, 5.74) is -9.01. The summed E-state index contributed by atoms with van der Waals surface area (Å²) < 4.78 is 0. The molecule has 0 aliphatic heterocycles. The largest absolute Gasteiger partial charge is 0.507 e. The Labute approximate surface area is 161 Å². The zero-order valence-corrected chi connectivity index (χ0v) is 13.9. The Kier molecular flexibility index (Phi) is 5.05. The lowest BCUT2D eigenvalue weighted by Gasteiger charge is -2.10. The van der Waals surface area contributed by atoms with Crippen molar-refractivity contribution in [3.8, 4) is 23.0 Å². The summed E-state index contributed by atoms with van der Waals surface area (Å²) >= 11 is 0. The highest BCUT2D eigenvalue weighted by molar-refractivity contribution is 6.17. The van der Waals surface area contributed by atoms with E-state index in [9.17, 15) is 65.7 Å². The molecule has 0 aliphatic rings. The number of hydrogen-bond donors (Lipinski definition) is 4. The molecule has 0 spiro atoms. The molecule has 0 fully saturated rings. The Bertz CT molecular complexity index is 1080. The summed E-state index contributed by atoms with van der Waals surface area (Å²) in [4.78, 5) is 50.8. The molecule has 0 aromatic heterocycles. The summed E-state index contributed by atoms with van der Waals surface area (Å²) in [6.45, 7) is 0. The fourth-order valence-electron chi connectivity index (χ4n) is 2.47. The highest BCUT2D eigenvalue weighted by Crippen LogP contribution is 2.48. The number of phenols is 4. The van der Waals surface area contributed by atoms with Crippen LogP contribution in [0.5, 0.6) is 23.0 Å². The molecule has 0 atom stereocenters. The van der Waals surface area contributed by atoms with Crippen molar-refractivity contribution in [2.75, 3.05) is 0 Å². The maximum absolute atomic E-state index is 12.6. The number of nitrogens with zero attached hydrogens (tertiary/aromatic N) is 4. The van der Waals surface area contributed by atoms with Crippen molar-refractivity contribution < 1.29 is 44.9 Å². The number of carbonyl (C=O) groups is 1.